The molecule has 3 heterocycles. The van der Waals surface area contributed by atoms with E-state index in [9.17, 15) is 29.4 Å². The van der Waals surface area contributed by atoms with E-state index in [2.05, 4.69) is 6.58 Å². The summed E-state index contributed by atoms with van der Waals surface area (Å²) < 4.78 is 28.4. The number of rotatable bonds is 4. The minimum absolute atomic E-state index is 0.194. The average Bonchev–Trinajstić information content (AvgIpc) is 3.45. The van der Waals surface area contributed by atoms with Gasteiger partial charge in [0, 0.05) is 17.9 Å². The Kier molecular flexibility index (Phi) is 6.41. The first-order valence-corrected chi connectivity index (χ1v) is 13.3. The molecule has 11 heteroatoms. The van der Waals surface area contributed by atoms with Crippen LogP contribution in [0.2, 0.25) is 0 Å². The van der Waals surface area contributed by atoms with Gasteiger partial charge in [0.1, 0.15) is 30.0 Å². The van der Waals surface area contributed by atoms with Crippen molar-refractivity contribution in [2.24, 2.45) is 28.1 Å². The molecular formula is C29H36O11. The molecule has 10 unspecified atom stereocenters. The van der Waals surface area contributed by atoms with Crippen LogP contribution >= 0.6 is 0 Å². The van der Waals surface area contributed by atoms with Crippen molar-refractivity contribution in [3.05, 3.63) is 36.3 Å². The van der Waals surface area contributed by atoms with Crippen LogP contribution in [0.15, 0.2) is 35.2 Å². The minimum Gasteiger partial charge on any atom is -0.472 e. The van der Waals surface area contributed by atoms with E-state index < -0.39 is 87.9 Å². The second-order valence-corrected chi connectivity index (χ2v) is 12.5. The number of ketones is 1. The topological polar surface area (TPSA) is 159 Å². The Morgan fingerprint density at radius 3 is 2.42 bits per heavy atom. The number of furan rings is 1. The summed E-state index contributed by atoms with van der Waals surface area (Å²) in [6, 6.07) is 1.60. The summed E-state index contributed by atoms with van der Waals surface area (Å²) in [6.07, 6.45) is -4.36. The number of hydrogen-bond acceptors (Lipinski definition) is 11. The molecule has 2 N–H and O–H groups in total. The maximum Gasteiger partial charge on any atom is 0.309 e. The number of cyclic esters (lactones) is 1. The van der Waals surface area contributed by atoms with Gasteiger partial charge >= 0.3 is 17.9 Å². The fourth-order valence-electron chi connectivity index (χ4n) is 8.23. The molecular weight excluding hydrogens is 524 g/mol. The molecule has 218 valence electrons. The van der Waals surface area contributed by atoms with Gasteiger partial charge in [-0.15, -0.1) is 0 Å². The molecule has 1 spiro atoms. The Balaban J connectivity index is 1.74. The van der Waals surface area contributed by atoms with Crippen molar-refractivity contribution in [1.82, 2.24) is 0 Å². The van der Waals surface area contributed by atoms with Crippen molar-refractivity contribution in [2.45, 2.75) is 83.6 Å². The van der Waals surface area contributed by atoms with Crippen molar-refractivity contribution in [3.63, 3.8) is 0 Å². The van der Waals surface area contributed by atoms with Gasteiger partial charge in [0.25, 0.3) is 0 Å². The van der Waals surface area contributed by atoms with Crippen LogP contribution in [0.3, 0.4) is 0 Å². The zero-order chi connectivity index (χ0) is 29.6. The van der Waals surface area contributed by atoms with Gasteiger partial charge in [0.2, 0.25) is 0 Å². The number of carbonyl (C=O) groups excluding carboxylic acids is 4. The molecule has 0 amide bonds. The lowest BCUT2D eigenvalue weighted by molar-refractivity contribution is -0.296. The molecule has 2 aliphatic heterocycles. The number of ether oxygens (including phenoxy) is 4. The molecule has 1 aromatic rings. The lowest BCUT2D eigenvalue weighted by Gasteiger charge is -2.61. The van der Waals surface area contributed by atoms with Crippen LogP contribution in [0.5, 0.6) is 0 Å². The first kappa shape index (κ1) is 28.5. The average molecular weight is 561 g/mol. The number of aliphatic hydroxyl groups is 2. The van der Waals surface area contributed by atoms with Gasteiger partial charge in [0.05, 0.1) is 55.3 Å². The van der Waals surface area contributed by atoms with E-state index in [0.29, 0.717) is 5.56 Å². The van der Waals surface area contributed by atoms with Crippen molar-refractivity contribution in [1.29, 1.82) is 0 Å². The summed E-state index contributed by atoms with van der Waals surface area (Å²) in [5.74, 6) is -4.49. The number of hydrogen-bond donors (Lipinski definition) is 2. The maximum absolute atomic E-state index is 14.8. The fourth-order valence-corrected chi connectivity index (χ4v) is 8.23. The van der Waals surface area contributed by atoms with E-state index in [1.165, 1.54) is 26.6 Å². The predicted octanol–water partition coefficient (Wildman–Crippen LogP) is 2.05. The molecule has 2 saturated heterocycles. The Labute approximate surface area is 231 Å². The zero-order valence-electron chi connectivity index (χ0n) is 23.5. The third kappa shape index (κ3) is 3.40. The zero-order valence-corrected chi connectivity index (χ0v) is 23.5. The van der Waals surface area contributed by atoms with Crippen molar-refractivity contribution < 1.29 is 52.8 Å². The van der Waals surface area contributed by atoms with E-state index in [1.807, 2.05) is 0 Å². The number of methoxy groups -OCH3 is 1. The van der Waals surface area contributed by atoms with Crippen LogP contribution in [0, 0.1) is 28.1 Å². The Bertz CT molecular complexity index is 1270. The van der Waals surface area contributed by atoms with Crippen molar-refractivity contribution >= 4 is 23.7 Å². The lowest BCUT2D eigenvalue weighted by Crippen LogP contribution is -2.72. The highest BCUT2D eigenvalue weighted by atomic mass is 16.6. The summed E-state index contributed by atoms with van der Waals surface area (Å²) in [5.41, 5.74) is -5.11. The van der Waals surface area contributed by atoms with Crippen LogP contribution in [0.25, 0.3) is 0 Å². The molecule has 40 heavy (non-hydrogen) atoms. The Hall–Kier alpha value is -3.02. The standard InChI is InChI=1S/C29H36O11/c1-13-19-21(34)27(5)16(10-17(31)36-7)26(3,4)24(38-14(2)30)20(33)25(27)40-29(13)11-18(32)39-23(15-8-9-37-12-15)28(29,6)22(19)35/h8-9,12,16,19-20,22-25,33,35H,1,10-11H2,2-7H3. The first-order valence-electron chi connectivity index (χ1n) is 13.3. The molecule has 2 saturated carbocycles. The van der Waals surface area contributed by atoms with Crippen LogP contribution in [-0.2, 0) is 38.1 Å². The number of aliphatic hydroxyl groups excluding tert-OH is 2. The van der Waals surface area contributed by atoms with Crippen LogP contribution in [-0.4, -0.2) is 71.0 Å². The van der Waals surface area contributed by atoms with Gasteiger partial charge < -0.3 is 33.6 Å². The molecule has 2 bridgehead atoms. The van der Waals surface area contributed by atoms with Crippen molar-refractivity contribution in [2.75, 3.05) is 7.11 Å². The van der Waals surface area contributed by atoms with Crippen LogP contribution in [0.4, 0.5) is 0 Å². The van der Waals surface area contributed by atoms with E-state index in [1.54, 1.807) is 33.8 Å². The first-order chi connectivity index (χ1) is 18.6. The SMILES string of the molecule is C=C1C2C(=O)C3(C)C(OC14CC(=O)OC(c1ccoc1)C4(C)C2O)C(O)C(OC(C)=O)C(C)(C)C3CC(=O)OC. The second kappa shape index (κ2) is 8.99. The number of esters is 3. The number of fused-ring (bicyclic) bond motifs is 2. The molecule has 4 fully saturated rings. The van der Waals surface area contributed by atoms with E-state index in [-0.39, 0.29) is 18.4 Å². The summed E-state index contributed by atoms with van der Waals surface area (Å²) in [4.78, 5) is 52.8. The van der Waals surface area contributed by atoms with Gasteiger partial charge in [0.15, 0.2) is 5.78 Å². The molecule has 1 aromatic heterocycles. The molecule has 4 aliphatic rings. The quantitative estimate of drug-likeness (QED) is 0.315. The summed E-state index contributed by atoms with van der Waals surface area (Å²) in [5, 5.41) is 23.8. The lowest BCUT2D eigenvalue weighted by atomic mass is 9.49. The molecule has 0 radical (unpaired) electrons. The highest BCUT2D eigenvalue weighted by molar-refractivity contribution is 5.94. The molecule has 11 nitrogen and oxygen atoms in total. The molecule has 0 aromatic carbocycles. The predicted molar refractivity (Wildman–Crippen MR) is 135 cm³/mol. The smallest absolute Gasteiger partial charge is 0.309 e. The normalized spacial score (nSPS) is 43.7. The fraction of sp³-hybridized carbons (Fsp3) is 0.655. The van der Waals surface area contributed by atoms with Gasteiger partial charge in [-0.05, 0) is 24.5 Å². The van der Waals surface area contributed by atoms with E-state index in [0.717, 1.165) is 0 Å². The largest absolute Gasteiger partial charge is 0.472 e. The molecule has 5 rings (SSSR count). The van der Waals surface area contributed by atoms with Gasteiger partial charge in [-0.25, -0.2) is 0 Å². The highest BCUT2D eigenvalue weighted by Crippen LogP contribution is 2.70. The van der Waals surface area contributed by atoms with Crippen molar-refractivity contribution in [3.8, 4) is 0 Å². The van der Waals surface area contributed by atoms with Gasteiger partial charge in [-0.1, -0.05) is 27.4 Å². The van der Waals surface area contributed by atoms with Gasteiger partial charge in [-0.3, -0.25) is 19.2 Å². The van der Waals surface area contributed by atoms with E-state index >= 15 is 0 Å². The third-order valence-corrected chi connectivity index (χ3v) is 10.3. The van der Waals surface area contributed by atoms with E-state index in [4.69, 9.17) is 23.4 Å². The minimum atomic E-state index is -1.65. The third-order valence-electron chi connectivity index (χ3n) is 10.3. The summed E-state index contributed by atoms with van der Waals surface area (Å²) >= 11 is 0. The maximum atomic E-state index is 14.8. The van der Waals surface area contributed by atoms with Crippen LogP contribution < -0.4 is 0 Å². The monoisotopic (exact) mass is 560 g/mol. The molecule has 10 atom stereocenters. The second-order valence-electron chi connectivity index (χ2n) is 12.5. The molecule has 2 aliphatic carbocycles. The number of carbonyl (C=O) groups is 4. The summed E-state index contributed by atoms with van der Waals surface area (Å²) in [6.45, 7) is 12.1. The highest BCUT2D eigenvalue weighted by Gasteiger charge is 2.79. The number of Topliss-reactive ketones (excluding diaryl/α,β-unsaturated/α-hetero) is 1. The summed E-state index contributed by atoms with van der Waals surface area (Å²) in [7, 11) is 1.23. The Morgan fingerprint density at radius 1 is 1.18 bits per heavy atom. The van der Waals surface area contributed by atoms with Crippen LogP contribution in [0.1, 0.15) is 59.1 Å². The Morgan fingerprint density at radius 2 is 1.85 bits per heavy atom. The van der Waals surface area contributed by atoms with Gasteiger partial charge in [-0.2, -0.15) is 0 Å².